The van der Waals surface area contributed by atoms with Crippen LogP contribution >= 0.6 is 0 Å². The molecular formula is C8H17NO4S. The molecule has 14 heavy (non-hydrogen) atoms. The Kier molecular flexibility index (Phi) is 3.88. The van der Waals surface area contributed by atoms with E-state index >= 15 is 0 Å². The molecule has 0 radical (unpaired) electrons. The lowest BCUT2D eigenvalue weighted by Gasteiger charge is -2.29. The molecule has 6 heteroatoms. The van der Waals surface area contributed by atoms with Gasteiger partial charge in [0, 0.05) is 12.6 Å². The fourth-order valence-corrected chi connectivity index (χ4v) is 3.01. The maximum Gasteiger partial charge on any atom is 0.216 e. The summed E-state index contributed by atoms with van der Waals surface area (Å²) in [5.74, 6) is -0.00208. The van der Waals surface area contributed by atoms with Gasteiger partial charge >= 0.3 is 0 Å². The Bertz CT molecular complexity index is 275. The predicted octanol–water partition coefficient (Wildman–Crippen LogP) is -0.582. The summed E-state index contributed by atoms with van der Waals surface area (Å²) in [7, 11) is -3.27. The average Bonchev–Trinajstić information content (AvgIpc) is 2.05. The summed E-state index contributed by atoms with van der Waals surface area (Å²) in [6.45, 7) is 4.08. The van der Waals surface area contributed by atoms with E-state index in [-0.39, 0.29) is 31.6 Å². The Morgan fingerprint density at radius 2 is 2.14 bits per heavy atom. The van der Waals surface area contributed by atoms with Crippen LogP contribution in [0.2, 0.25) is 0 Å². The van der Waals surface area contributed by atoms with Gasteiger partial charge in [0.25, 0.3) is 0 Å². The van der Waals surface area contributed by atoms with Gasteiger partial charge in [0.1, 0.15) is 0 Å². The van der Waals surface area contributed by atoms with Gasteiger partial charge in [-0.3, -0.25) is 0 Å². The van der Waals surface area contributed by atoms with Gasteiger partial charge in [-0.2, -0.15) is 4.31 Å². The minimum atomic E-state index is -3.27. The van der Waals surface area contributed by atoms with Gasteiger partial charge in [0.2, 0.25) is 10.0 Å². The topological polar surface area (TPSA) is 66.8 Å². The van der Waals surface area contributed by atoms with Gasteiger partial charge in [0.15, 0.2) is 0 Å². The van der Waals surface area contributed by atoms with Crippen LogP contribution in [0.25, 0.3) is 0 Å². The van der Waals surface area contributed by atoms with Gasteiger partial charge < -0.3 is 9.84 Å². The second kappa shape index (κ2) is 4.57. The first-order valence-corrected chi connectivity index (χ1v) is 6.29. The Morgan fingerprint density at radius 1 is 1.50 bits per heavy atom. The lowest BCUT2D eigenvalue weighted by molar-refractivity contribution is 0.0247. The van der Waals surface area contributed by atoms with Crippen LogP contribution < -0.4 is 0 Å². The molecule has 0 aromatic heterocycles. The van der Waals surface area contributed by atoms with E-state index in [1.54, 1.807) is 13.8 Å². The number of nitrogens with zero attached hydrogens (tertiary/aromatic N) is 1. The first kappa shape index (κ1) is 11.9. The SMILES string of the molecule is CC(C)N1CC(O)COCCS1(=O)=O. The highest BCUT2D eigenvalue weighted by Gasteiger charge is 2.28. The van der Waals surface area contributed by atoms with Gasteiger partial charge in [-0.25, -0.2) is 8.42 Å². The van der Waals surface area contributed by atoms with Crippen molar-refractivity contribution in [1.82, 2.24) is 4.31 Å². The highest BCUT2D eigenvalue weighted by atomic mass is 32.2. The zero-order valence-corrected chi connectivity index (χ0v) is 9.33. The van der Waals surface area contributed by atoms with E-state index in [2.05, 4.69) is 0 Å². The number of ether oxygens (including phenoxy) is 1. The van der Waals surface area contributed by atoms with Gasteiger partial charge in [-0.1, -0.05) is 0 Å². The highest BCUT2D eigenvalue weighted by Crippen LogP contribution is 2.11. The maximum atomic E-state index is 11.7. The normalized spacial score (nSPS) is 29.9. The van der Waals surface area contributed by atoms with Crippen molar-refractivity contribution < 1.29 is 18.3 Å². The number of hydrogen-bond donors (Lipinski definition) is 1. The third-order valence-electron chi connectivity index (χ3n) is 2.12. The van der Waals surface area contributed by atoms with Crippen LogP contribution in [-0.2, 0) is 14.8 Å². The standard InChI is InChI=1S/C8H17NO4S/c1-7(2)9-5-8(10)6-13-3-4-14(9,11)12/h7-8,10H,3-6H2,1-2H3. The molecular weight excluding hydrogens is 206 g/mol. The molecule has 1 atom stereocenters. The van der Waals surface area contributed by atoms with E-state index in [0.717, 1.165) is 0 Å². The number of aliphatic hydroxyl groups excluding tert-OH is 1. The lowest BCUT2D eigenvalue weighted by Crippen LogP contribution is -2.46. The third kappa shape index (κ3) is 2.91. The lowest BCUT2D eigenvalue weighted by atomic mass is 10.3. The molecule has 1 unspecified atom stereocenters. The fourth-order valence-electron chi connectivity index (χ4n) is 1.41. The van der Waals surface area contributed by atoms with Crippen LogP contribution in [-0.4, -0.2) is 55.5 Å². The van der Waals surface area contributed by atoms with Crippen molar-refractivity contribution in [3.8, 4) is 0 Å². The van der Waals surface area contributed by atoms with Crippen molar-refractivity contribution in [3.05, 3.63) is 0 Å². The number of aliphatic hydroxyl groups is 1. The highest BCUT2D eigenvalue weighted by molar-refractivity contribution is 7.89. The van der Waals surface area contributed by atoms with Gasteiger partial charge in [-0.15, -0.1) is 0 Å². The van der Waals surface area contributed by atoms with Gasteiger partial charge in [-0.05, 0) is 13.8 Å². The molecule has 0 aromatic carbocycles. The number of β-amino-alcohol motifs (C(OH)–C–C–N with tert-alkyl or cyclic N) is 1. The zero-order chi connectivity index (χ0) is 10.8. The van der Waals surface area contributed by atoms with Crippen molar-refractivity contribution in [2.75, 3.05) is 25.5 Å². The molecule has 84 valence electrons. The van der Waals surface area contributed by atoms with Crippen LogP contribution in [0.1, 0.15) is 13.8 Å². The van der Waals surface area contributed by atoms with E-state index in [4.69, 9.17) is 4.74 Å². The summed E-state index contributed by atoms with van der Waals surface area (Å²) >= 11 is 0. The van der Waals surface area contributed by atoms with E-state index in [1.165, 1.54) is 4.31 Å². The minimum absolute atomic E-state index is 0.00208. The molecule has 1 N–H and O–H groups in total. The minimum Gasteiger partial charge on any atom is -0.389 e. The molecule has 1 fully saturated rings. The van der Waals surface area contributed by atoms with Crippen molar-refractivity contribution in [3.63, 3.8) is 0 Å². The number of sulfonamides is 1. The fraction of sp³-hybridized carbons (Fsp3) is 1.00. The maximum absolute atomic E-state index is 11.7. The summed E-state index contributed by atoms with van der Waals surface area (Å²) in [6.07, 6.45) is -0.729. The van der Waals surface area contributed by atoms with Crippen LogP contribution in [0, 0.1) is 0 Å². The molecule has 0 aromatic rings. The largest absolute Gasteiger partial charge is 0.389 e. The molecule has 0 bridgehead atoms. The van der Waals surface area contributed by atoms with Crippen molar-refractivity contribution in [2.24, 2.45) is 0 Å². The second-order valence-corrected chi connectivity index (χ2v) is 5.75. The van der Waals surface area contributed by atoms with E-state index in [9.17, 15) is 13.5 Å². The average molecular weight is 223 g/mol. The van der Waals surface area contributed by atoms with Crippen LogP contribution in [0.15, 0.2) is 0 Å². The number of rotatable bonds is 1. The second-order valence-electron chi connectivity index (χ2n) is 3.71. The van der Waals surface area contributed by atoms with Crippen LogP contribution in [0.4, 0.5) is 0 Å². The predicted molar refractivity (Wildman–Crippen MR) is 52.5 cm³/mol. The van der Waals surface area contributed by atoms with Crippen molar-refractivity contribution in [1.29, 1.82) is 0 Å². The summed E-state index contributed by atoms with van der Waals surface area (Å²) in [6, 6.07) is -0.118. The molecule has 1 heterocycles. The summed E-state index contributed by atoms with van der Waals surface area (Å²) in [5, 5.41) is 9.43. The number of hydrogen-bond acceptors (Lipinski definition) is 4. The first-order valence-electron chi connectivity index (χ1n) is 4.69. The summed E-state index contributed by atoms with van der Waals surface area (Å²) in [5.41, 5.74) is 0. The molecule has 0 saturated carbocycles. The van der Waals surface area contributed by atoms with E-state index < -0.39 is 16.1 Å². The summed E-state index contributed by atoms with van der Waals surface area (Å²) < 4.78 is 29.7. The Balaban J connectivity index is 2.82. The summed E-state index contributed by atoms with van der Waals surface area (Å²) in [4.78, 5) is 0. The molecule has 5 nitrogen and oxygen atoms in total. The van der Waals surface area contributed by atoms with E-state index in [0.29, 0.717) is 0 Å². The van der Waals surface area contributed by atoms with Crippen LogP contribution in [0.5, 0.6) is 0 Å². The zero-order valence-electron chi connectivity index (χ0n) is 8.51. The third-order valence-corrected chi connectivity index (χ3v) is 4.09. The molecule has 1 rings (SSSR count). The molecule has 0 spiro atoms. The Morgan fingerprint density at radius 3 is 2.71 bits per heavy atom. The smallest absolute Gasteiger partial charge is 0.216 e. The van der Waals surface area contributed by atoms with Gasteiger partial charge in [0.05, 0.1) is 25.1 Å². The molecule has 0 aliphatic carbocycles. The molecule has 1 aliphatic heterocycles. The van der Waals surface area contributed by atoms with Crippen molar-refractivity contribution >= 4 is 10.0 Å². The van der Waals surface area contributed by atoms with E-state index in [1.807, 2.05) is 0 Å². The van der Waals surface area contributed by atoms with Crippen molar-refractivity contribution in [2.45, 2.75) is 26.0 Å². The van der Waals surface area contributed by atoms with Crippen LogP contribution in [0.3, 0.4) is 0 Å². The Hall–Kier alpha value is -0.170. The quantitative estimate of drug-likeness (QED) is 0.645. The molecule has 1 saturated heterocycles. The Labute approximate surface area is 84.7 Å². The first-order chi connectivity index (χ1) is 6.43. The molecule has 0 amide bonds. The molecule has 1 aliphatic rings. The monoisotopic (exact) mass is 223 g/mol.